The molecule has 0 amide bonds. The average Bonchev–Trinajstić information content (AvgIpc) is 2.97. The molecule has 80 valence electrons. The Hall–Kier alpha value is -0.540. The van der Waals surface area contributed by atoms with E-state index in [0.717, 1.165) is 12.8 Å². The molecule has 0 spiro atoms. The van der Waals surface area contributed by atoms with Crippen LogP contribution in [0.1, 0.15) is 18.4 Å². The van der Waals surface area contributed by atoms with Gasteiger partial charge in [-0.2, -0.15) is 0 Å². The first-order valence-electron chi connectivity index (χ1n) is 4.77. The van der Waals surface area contributed by atoms with E-state index in [1.165, 1.54) is 6.07 Å². The second-order valence-electron chi connectivity index (χ2n) is 3.81. The fraction of sp³-hybridized carbons (Fsp3) is 0.364. The van der Waals surface area contributed by atoms with Crippen LogP contribution in [0.4, 0.5) is 0 Å². The van der Waals surface area contributed by atoms with Crippen LogP contribution in [0.5, 0.6) is 5.75 Å². The summed E-state index contributed by atoms with van der Waals surface area (Å²) in [5.41, 5.74) is 0.611. The second-order valence-corrected chi connectivity index (χ2v) is 5.07. The molecule has 1 aliphatic rings. The van der Waals surface area contributed by atoms with E-state index in [1.807, 2.05) is 0 Å². The smallest absolute Gasteiger partial charge is 0.140 e. The molecule has 0 aromatic heterocycles. The molecule has 0 bridgehead atoms. The van der Waals surface area contributed by atoms with Crippen LogP contribution < -0.4 is 0 Å². The highest BCUT2D eigenvalue weighted by molar-refractivity contribution is 9.10. The van der Waals surface area contributed by atoms with Crippen LogP contribution in [-0.4, -0.2) is 10.9 Å². The first-order chi connectivity index (χ1) is 7.08. The molecular weight excluding hydrogens is 279 g/mol. The van der Waals surface area contributed by atoms with E-state index in [2.05, 4.69) is 15.9 Å². The molecule has 0 saturated heterocycles. The van der Waals surface area contributed by atoms with Gasteiger partial charge in [0.1, 0.15) is 11.5 Å². The number of carbonyl (C=O) groups excluding carboxylic acids is 1. The summed E-state index contributed by atoms with van der Waals surface area (Å²) in [6.45, 7) is 0. The molecule has 2 rings (SSSR count). The lowest BCUT2D eigenvalue weighted by molar-refractivity contribution is -0.119. The van der Waals surface area contributed by atoms with Crippen LogP contribution in [0, 0.1) is 5.92 Å². The molecule has 1 fully saturated rings. The van der Waals surface area contributed by atoms with E-state index >= 15 is 0 Å². The maximum absolute atomic E-state index is 11.6. The fourth-order valence-corrected chi connectivity index (χ4v) is 1.97. The summed E-state index contributed by atoms with van der Waals surface area (Å²) in [5.74, 6) is 0.538. The van der Waals surface area contributed by atoms with Crippen molar-refractivity contribution < 1.29 is 9.90 Å². The molecule has 1 aliphatic carbocycles. The number of ketones is 1. The van der Waals surface area contributed by atoms with Crippen LogP contribution in [0.15, 0.2) is 16.6 Å². The summed E-state index contributed by atoms with van der Waals surface area (Å²) < 4.78 is 0.643. The third kappa shape index (κ3) is 2.52. The normalized spacial score (nSPS) is 15.3. The Morgan fingerprint density at radius 3 is 2.80 bits per heavy atom. The quantitative estimate of drug-likeness (QED) is 0.927. The summed E-state index contributed by atoms with van der Waals surface area (Å²) in [4.78, 5) is 11.6. The van der Waals surface area contributed by atoms with Gasteiger partial charge in [-0.1, -0.05) is 11.6 Å². The van der Waals surface area contributed by atoms with Gasteiger partial charge in [0, 0.05) is 22.4 Å². The summed E-state index contributed by atoms with van der Waals surface area (Å²) in [5, 5.41) is 10.1. The number of phenols is 1. The van der Waals surface area contributed by atoms with Crippen molar-refractivity contribution in [2.75, 3.05) is 0 Å². The van der Waals surface area contributed by atoms with Crippen molar-refractivity contribution in [1.82, 2.24) is 0 Å². The third-order valence-electron chi connectivity index (χ3n) is 2.52. The van der Waals surface area contributed by atoms with Gasteiger partial charge in [-0.25, -0.2) is 0 Å². The van der Waals surface area contributed by atoms with Crippen LogP contribution in [0.2, 0.25) is 5.02 Å². The molecule has 1 saturated carbocycles. The summed E-state index contributed by atoms with van der Waals surface area (Å²) in [7, 11) is 0. The zero-order chi connectivity index (χ0) is 11.0. The SMILES string of the molecule is O=C(Cc1cc(Cl)c(Br)cc1O)C1CC1. The van der Waals surface area contributed by atoms with E-state index in [9.17, 15) is 9.90 Å². The standard InChI is InChI=1S/C11H10BrClO2/c12-8-5-11(15)7(3-9(8)13)4-10(14)6-1-2-6/h3,5-6,15H,1-2,4H2. The Kier molecular flexibility index (Phi) is 3.03. The highest BCUT2D eigenvalue weighted by atomic mass is 79.9. The van der Waals surface area contributed by atoms with Gasteiger partial charge in [-0.3, -0.25) is 4.79 Å². The largest absolute Gasteiger partial charge is 0.508 e. The van der Waals surface area contributed by atoms with Gasteiger partial charge >= 0.3 is 0 Å². The van der Waals surface area contributed by atoms with Crippen molar-refractivity contribution >= 4 is 33.3 Å². The number of benzene rings is 1. The molecule has 0 atom stereocenters. The molecule has 15 heavy (non-hydrogen) atoms. The summed E-state index contributed by atoms with van der Waals surface area (Å²) in [6.07, 6.45) is 2.26. The van der Waals surface area contributed by atoms with E-state index in [-0.39, 0.29) is 23.9 Å². The number of aromatic hydroxyl groups is 1. The predicted molar refractivity (Wildman–Crippen MR) is 62.3 cm³/mol. The predicted octanol–water partition coefficient (Wildman–Crippen LogP) is 3.33. The van der Waals surface area contributed by atoms with Gasteiger partial charge in [0.2, 0.25) is 0 Å². The summed E-state index contributed by atoms with van der Waals surface area (Å²) in [6, 6.07) is 3.17. The monoisotopic (exact) mass is 288 g/mol. The number of carbonyl (C=O) groups is 1. The van der Waals surface area contributed by atoms with Gasteiger partial charge in [-0.15, -0.1) is 0 Å². The van der Waals surface area contributed by atoms with Gasteiger partial charge in [0.25, 0.3) is 0 Å². The number of phenolic OH excluding ortho intramolecular Hbond substituents is 1. The van der Waals surface area contributed by atoms with E-state index in [4.69, 9.17) is 11.6 Å². The van der Waals surface area contributed by atoms with Crippen molar-refractivity contribution in [2.24, 2.45) is 5.92 Å². The van der Waals surface area contributed by atoms with Gasteiger partial charge in [0.15, 0.2) is 0 Å². The van der Waals surface area contributed by atoms with Crippen LogP contribution >= 0.6 is 27.5 Å². The summed E-state index contributed by atoms with van der Waals surface area (Å²) >= 11 is 9.11. The fourth-order valence-electron chi connectivity index (χ4n) is 1.46. The van der Waals surface area contributed by atoms with Crippen molar-refractivity contribution in [3.05, 3.63) is 27.2 Å². The van der Waals surface area contributed by atoms with Crippen molar-refractivity contribution in [3.8, 4) is 5.75 Å². The molecule has 1 aromatic carbocycles. The molecule has 0 aliphatic heterocycles. The second kappa shape index (κ2) is 4.14. The molecule has 4 heteroatoms. The Morgan fingerprint density at radius 2 is 2.20 bits per heavy atom. The van der Waals surface area contributed by atoms with Gasteiger partial charge < -0.3 is 5.11 Å². The molecule has 1 aromatic rings. The van der Waals surface area contributed by atoms with Gasteiger partial charge in [0.05, 0.1) is 5.02 Å². The minimum absolute atomic E-state index is 0.125. The van der Waals surface area contributed by atoms with Crippen molar-refractivity contribution in [3.63, 3.8) is 0 Å². The number of rotatable bonds is 3. The Balaban J connectivity index is 2.20. The number of hydrogen-bond acceptors (Lipinski definition) is 2. The van der Waals surface area contributed by atoms with Crippen LogP contribution in [0.25, 0.3) is 0 Å². The first-order valence-corrected chi connectivity index (χ1v) is 5.94. The molecule has 2 nitrogen and oxygen atoms in total. The average molecular weight is 290 g/mol. The maximum atomic E-state index is 11.6. The Labute approximate surface area is 101 Å². The van der Waals surface area contributed by atoms with Crippen LogP contribution in [-0.2, 0) is 11.2 Å². The first kappa shape index (κ1) is 11.0. The minimum Gasteiger partial charge on any atom is -0.508 e. The topological polar surface area (TPSA) is 37.3 Å². The zero-order valence-electron chi connectivity index (χ0n) is 7.96. The van der Waals surface area contributed by atoms with E-state index in [0.29, 0.717) is 15.1 Å². The molecule has 0 radical (unpaired) electrons. The number of hydrogen-bond donors (Lipinski definition) is 1. The minimum atomic E-state index is 0.125. The zero-order valence-corrected chi connectivity index (χ0v) is 10.3. The maximum Gasteiger partial charge on any atom is 0.140 e. The highest BCUT2D eigenvalue weighted by Crippen LogP contribution is 2.34. The van der Waals surface area contributed by atoms with Crippen LogP contribution in [0.3, 0.4) is 0 Å². The molecule has 0 heterocycles. The van der Waals surface area contributed by atoms with Gasteiger partial charge in [-0.05, 0) is 40.9 Å². The lowest BCUT2D eigenvalue weighted by atomic mass is 10.1. The lowest BCUT2D eigenvalue weighted by Gasteiger charge is -2.05. The molecule has 0 unspecified atom stereocenters. The number of halogens is 2. The molecular formula is C11H10BrClO2. The van der Waals surface area contributed by atoms with Crippen molar-refractivity contribution in [2.45, 2.75) is 19.3 Å². The highest BCUT2D eigenvalue weighted by Gasteiger charge is 2.29. The van der Waals surface area contributed by atoms with E-state index in [1.54, 1.807) is 6.07 Å². The molecule has 1 N–H and O–H groups in total. The number of Topliss-reactive ketones (excluding diaryl/α,β-unsaturated/α-hetero) is 1. The Bertz CT molecular complexity index is 413. The Morgan fingerprint density at radius 1 is 1.53 bits per heavy atom. The third-order valence-corrected chi connectivity index (χ3v) is 3.72. The van der Waals surface area contributed by atoms with E-state index < -0.39 is 0 Å². The van der Waals surface area contributed by atoms with Crippen molar-refractivity contribution in [1.29, 1.82) is 0 Å². The lowest BCUT2D eigenvalue weighted by Crippen LogP contribution is -2.04.